The number of fused-ring (bicyclic) bond motifs is 3. The molecular formula is C24H37N. The van der Waals surface area contributed by atoms with E-state index in [1.165, 1.54) is 88.0 Å². The molecule has 0 saturated carbocycles. The van der Waals surface area contributed by atoms with E-state index < -0.39 is 0 Å². The summed E-state index contributed by atoms with van der Waals surface area (Å²) in [6, 6.07) is 8.89. The third-order valence-electron chi connectivity index (χ3n) is 6.37. The molecule has 0 aliphatic heterocycles. The highest BCUT2D eigenvalue weighted by Crippen LogP contribution is 2.41. The van der Waals surface area contributed by atoms with E-state index in [9.17, 15) is 0 Å². The molecule has 3 rings (SSSR count). The fraction of sp³-hybridized carbons (Fsp3) is 0.667. The number of aromatic nitrogens is 1. The number of aromatic amines is 1. The van der Waals surface area contributed by atoms with Crippen molar-refractivity contribution < 1.29 is 0 Å². The zero-order valence-corrected chi connectivity index (χ0v) is 16.4. The van der Waals surface area contributed by atoms with Gasteiger partial charge in [-0.1, -0.05) is 89.8 Å². The number of hydrogen-bond donors (Lipinski definition) is 1. The van der Waals surface area contributed by atoms with E-state index in [0.717, 1.165) is 11.8 Å². The summed E-state index contributed by atoms with van der Waals surface area (Å²) in [6.45, 7) is 4.76. The maximum absolute atomic E-state index is 3.78. The molecule has 25 heavy (non-hydrogen) atoms. The summed E-state index contributed by atoms with van der Waals surface area (Å²) < 4.78 is 0. The van der Waals surface area contributed by atoms with Gasteiger partial charge in [0, 0.05) is 22.5 Å². The SMILES string of the molecule is CCCCCCCCCCCC1c2[nH]c3ccccc3c2CCC1C. The zero-order valence-electron chi connectivity index (χ0n) is 16.4. The van der Waals surface area contributed by atoms with Gasteiger partial charge in [-0.3, -0.25) is 0 Å². The van der Waals surface area contributed by atoms with Gasteiger partial charge in [-0.25, -0.2) is 0 Å². The molecule has 1 aliphatic carbocycles. The summed E-state index contributed by atoms with van der Waals surface area (Å²) in [5.41, 5.74) is 4.54. The second-order valence-electron chi connectivity index (χ2n) is 8.30. The Morgan fingerprint density at radius 2 is 1.60 bits per heavy atom. The molecule has 0 bridgehead atoms. The topological polar surface area (TPSA) is 15.8 Å². The van der Waals surface area contributed by atoms with Crippen molar-refractivity contribution >= 4 is 10.9 Å². The summed E-state index contributed by atoms with van der Waals surface area (Å²) in [4.78, 5) is 3.78. The molecule has 1 aromatic carbocycles. The second kappa shape index (κ2) is 9.46. The van der Waals surface area contributed by atoms with Crippen LogP contribution in [0.4, 0.5) is 0 Å². The number of H-pyrrole nitrogens is 1. The van der Waals surface area contributed by atoms with Crippen molar-refractivity contribution in [3.05, 3.63) is 35.5 Å². The summed E-state index contributed by atoms with van der Waals surface area (Å²) in [5, 5.41) is 1.47. The van der Waals surface area contributed by atoms with Gasteiger partial charge in [0.15, 0.2) is 0 Å². The van der Waals surface area contributed by atoms with Crippen molar-refractivity contribution in [1.82, 2.24) is 4.98 Å². The van der Waals surface area contributed by atoms with Crippen LogP contribution in [0.2, 0.25) is 0 Å². The Kier molecular flexibility index (Phi) is 7.02. The molecule has 0 spiro atoms. The molecule has 138 valence electrons. The lowest BCUT2D eigenvalue weighted by molar-refractivity contribution is 0.366. The summed E-state index contributed by atoms with van der Waals surface area (Å²) in [5.74, 6) is 1.58. The van der Waals surface area contributed by atoms with E-state index in [0.29, 0.717) is 0 Å². The molecule has 2 aromatic rings. The minimum Gasteiger partial charge on any atom is -0.358 e. The molecule has 0 amide bonds. The van der Waals surface area contributed by atoms with Crippen LogP contribution in [0.1, 0.15) is 102 Å². The molecule has 2 unspecified atom stereocenters. The van der Waals surface area contributed by atoms with Gasteiger partial charge in [0.05, 0.1) is 0 Å². The maximum atomic E-state index is 3.78. The fourth-order valence-electron chi connectivity index (χ4n) is 4.77. The van der Waals surface area contributed by atoms with Crippen molar-refractivity contribution in [2.24, 2.45) is 5.92 Å². The number of rotatable bonds is 10. The lowest BCUT2D eigenvalue weighted by Gasteiger charge is -2.29. The molecule has 1 heteroatoms. The van der Waals surface area contributed by atoms with Gasteiger partial charge in [-0.15, -0.1) is 0 Å². The Balaban J connectivity index is 1.47. The molecule has 2 atom stereocenters. The summed E-state index contributed by atoms with van der Waals surface area (Å²) in [6.07, 6.45) is 16.8. The Morgan fingerprint density at radius 1 is 0.920 bits per heavy atom. The monoisotopic (exact) mass is 339 g/mol. The first-order chi connectivity index (χ1) is 12.3. The molecular weight excluding hydrogens is 302 g/mol. The van der Waals surface area contributed by atoms with E-state index >= 15 is 0 Å². The molecule has 0 radical (unpaired) electrons. The lowest BCUT2D eigenvalue weighted by atomic mass is 9.76. The molecule has 1 aliphatic rings. The van der Waals surface area contributed by atoms with Gasteiger partial charge in [-0.05, 0) is 36.8 Å². The van der Waals surface area contributed by atoms with Crippen LogP contribution in [0.25, 0.3) is 10.9 Å². The lowest BCUT2D eigenvalue weighted by Crippen LogP contribution is -2.18. The van der Waals surface area contributed by atoms with Gasteiger partial charge in [0.1, 0.15) is 0 Å². The first-order valence-corrected chi connectivity index (χ1v) is 10.9. The average Bonchev–Trinajstić information content (AvgIpc) is 3.00. The predicted octanol–water partition coefficient (Wildman–Crippen LogP) is 7.75. The standard InChI is InChI=1S/C24H37N/c1-3-4-5-6-7-8-9-10-11-14-20-19(2)17-18-22-21-15-12-13-16-23(21)25-24(20)22/h12-13,15-16,19-20,25H,3-11,14,17-18H2,1-2H3. The molecule has 1 N–H and O–H groups in total. The van der Waals surface area contributed by atoms with E-state index in [1.54, 1.807) is 11.3 Å². The van der Waals surface area contributed by atoms with Gasteiger partial charge in [0.25, 0.3) is 0 Å². The van der Waals surface area contributed by atoms with Crippen LogP contribution in [0.15, 0.2) is 24.3 Å². The number of nitrogens with one attached hydrogen (secondary N) is 1. The Morgan fingerprint density at radius 3 is 2.36 bits per heavy atom. The smallest absolute Gasteiger partial charge is 0.0459 e. The first kappa shape index (κ1) is 18.5. The molecule has 1 heterocycles. The number of para-hydroxylation sites is 1. The molecule has 0 fully saturated rings. The maximum Gasteiger partial charge on any atom is 0.0459 e. The largest absolute Gasteiger partial charge is 0.358 e. The van der Waals surface area contributed by atoms with Crippen LogP contribution in [0.3, 0.4) is 0 Å². The van der Waals surface area contributed by atoms with E-state index in [1.807, 2.05) is 0 Å². The quantitative estimate of drug-likeness (QED) is 0.426. The highest BCUT2D eigenvalue weighted by atomic mass is 14.7. The summed E-state index contributed by atoms with van der Waals surface area (Å²) in [7, 11) is 0. The summed E-state index contributed by atoms with van der Waals surface area (Å²) >= 11 is 0. The highest BCUT2D eigenvalue weighted by molar-refractivity contribution is 5.85. The zero-order chi connectivity index (χ0) is 17.5. The van der Waals surface area contributed by atoms with Crippen LogP contribution in [0, 0.1) is 5.92 Å². The normalized spacial score (nSPS) is 20.1. The number of benzene rings is 1. The minimum atomic E-state index is 0.751. The van der Waals surface area contributed by atoms with Crippen molar-refractivity contribution in [2.45, 2.75) is 96.8 Å². The van der Waals surface area contributed by atoms with Gasteiger partial charge < -0.3 is 4.98 Å². The molecule has 1 aromatic heterocycles. The highest BCUT2D eigenvalue weighted by Gasteiger charge is 2.28. The third kappa shape index (κ3) is 4.68. The Bertz CT molecular complexity index is 639. The average molecular weight is 340 g/mol. The fourth-order valence-corrected chi connectivity index (χ4v) is 4.77. The van der Waals surface area contributed by atoms with Gasteiger partial charge in [0.2, 0.25) is 0 Å². The van der Waals surface area contributed by atoms with Crippen LogP contribution >= 0.6 is 0 Å². The van der Waals surface area contributed by atoms with Crippen LogP contribution in [-0.2, 0) is 6.42 Å². The number of unbranched alkanes of at least 4 members (excludes halogenated alkanes) is 8. The van der Waals surface area contributed by atoms with Gasteiger partial charge >= 0.3 is 0 Å². The second-order valence-corrected chi connectivity index (χ2v) is 8.30. The predicted molar refractivity (Wildman–Crippen MR) is 110 cm³/mol. The van der Waals surface area contributed by atoms with E-state index in [4.69, 9.17) is 0 Å². The van der Waals surface area contributed by atoms with Crippen molar-refractivity contribution in [2.75, 3.05) is 0 Å². The Labute approximate surface area is 154 Å². The first-order valence-electron chi connectivity index (χ1n) is 10.9. The Hall–Kier alpha value is -1.24. The molecule has 0 saturated heterocycles. The molecule has 1 nitrogen and oxygen atoms in total. The van der Waals surface area contributed by atoms with Crippen LogP contribution in [0.5, 0.6) is 0 Å². The van der Waals surface area contributed by atoms with E-state index in [2.05, 4.69) is 43.1 Å². The van der Waals surface area contributed by atoms with Crippen molar-refractivity contribution in [3.63, 3.8) is 0 Å². The third-order valence-corrected chi connectivity index (χ3v) is 6.37. The van der Waals surface area contributed by atoms with Crippen molar-refractivity contribution in [3.8, 4) is 0 Å². The van der Waals surface area contributed by atoms with Crippen LogP contribution < -0.4 is 0 Å². The van der Waals surface area contributed by atoms with Crippen molar-refractivity contribution in [1.29, 1.82) is 0 Å². The van der Waals surface area contributed by atoms with Crippen LogP contribution in [-0.4, -0.2) is 4.98 Å². The number of hydrogen-bond acceptors (Lipinski definition) is 0. The number of aryl methyl sites for hydroxylation is 1. The van der Waals surface area contributed by atoms with E-state index in [-0.39, 0.29) is 0 Å². The van der Waals surface area contributed by atoms with Gasteiger partial charge in [-0.2, -0.15) is 0 Å². The minimum absolute atomic E-state index is 0.751.